The molecule has 0 heteroatoms. The number of allylic oxidation sites excluding steroid dienone is 6. The monoisotopic (exact) mass is 268 g/mol. The molecule has 0 radical (unpaired) electrons. The van der Waals surface area contributed by atoms with Crippen LogP contribution in [0.3, 0.4) is 0 Å². The van der Waals surface area contributed by atoms with Crippen LogP contribution in [0.2, 0.25) is 0 Å². The lowest BCUT2D eigenvalue weighted by molar-refractivity contribution is -0.00474. The highest BCUT2D eigenvalue weighted by Gasteiger charge is 2.52. The third kappa shape index (κ3) is 1.54. The lowest BCUT2D eigenvalue weighted by Crippen LogP contribution is -2.48. The maximum absolute atomic E-state index is 2.51. The van der Waals surface area contributed by atoms with Gasteiger partial charge < -0.3 is 0 Å². The summed E-state index contributed by atoms with van der Waals surface area (Å²) in [6, 6.07) is 0. The van der Waals surface area contributed by atoms with Gasteiger partial charge in [0.05, 0.1) is 0 Å². The molecule has 4 bridgehead atoms. The zero-order valence-electron chi connectivity index (χ0n) is 13.4. The molecule has 2 saturated carbocycles. The van der Waals surface area contributed by atoms with Gasteiger partial charge in [0.1, 0.15) is 0 Å². The Morgan fingerprint density at radius 3 is 1.50 bits per heavy atom. The van der Waals surface area contributed by atoms with Gasteiger partial charge in [-0.1, -0.05) is 52.0 Å². The van der Waals surface area contributed by atoms with Gasteiger partial charge in [0, 0.05) is 0 Å². The predicted octanol–water partition coefficient (Wildman–Crippen LogP) is 5.53. The van der Waals surface area contributed by atoms with Crippen molar-refractivity contribution >= 4 is 0 Å². The molecule has 20 heavy (non-hydrogen) atoms. The van der Waals surface area contributed by atoms with Crippen LogP contribution in [0.15, 0.2) is 35.5 Å². The molecule has 0 spiro atoms. The zero-order chi connectivity index (χ0) is 14.1. The molecule has 6 aliphatic rings. The van der Waals surface area contributed by atoms with Crippen molar-refractivity contribution in [2.75, 3.05) is 0 Å². The largest absolute Gasteiger partial charge is 0.0807 e. The number of fused-ring (bicyclic) bond motifs is 2. The smallest absolute Gasteiger partial charge is 0.0108 e. The summed E-state index contributed by atoms with van der Waals surface area (Å²) in [5.74, 6) is 3.54. The van der Waals surface area contributed by atoms with E-state index in [0.29, 0.717) is 10.8 Å². The molecule has 0 saturated heterocycles. The molecular formula is C20H28. The highest BCUT2D eigenvalue weighted by Crippen LogP contribution is 2.61. The van der Waals surface area contributed by atoms with E-state index >= 15 is 0 Å². The van der Waals surface area contributed by atoms with E-state index in [2.05, 4.69) is 52.0 Å². The Morgan fingerprint density at radius 1 is 0.800 bits per heavy atom. The minimum absolute atomic E-state index is 0.552. The van der Waals surface area contributed by atoms with Crippen molar-refractivity contribution in [2.45, 2.75) is 53.4 Å². The topological polar surface area (TPSA) is 0 Å². The lowest BCUT2D eigenvalue weighted by Gasteiger charge is -2.57. The summed E-state index contributed by atoms with van der Waals surface area (Å²) in [6.07, 6.45) is 15.4. The van der Waals surface area contributed by atoms with Gasteiger partial charge >= 0.3 is 0 Å². The Kier molecular flexibility index (Phi) is 2.52. The predicted molar refractivity (Wildman–Crippen MR) is 85.3 cm³/mol. The maximum atomic E-state index is 2.51. The molecular weight excluding hydrogens is 240 g/mol. The fourth-order valence-corrected chi connectivity index (χ4v) is 5.37. The number of hydrogen-bond donors (Lipinski definition) is 0. The second-order valence-electron chi connectivity index (χ2n) is 8.83. The maximum Gasteiger partial charge on any atom is -0.0108 e. The van der Waals surface area contributed by atoms with Crippen molar-refractivity contribution < 1.29 is 0 Å². The van der Waals surface area contributed by atoms with Crippen LogP contribution < -0.4 is 0 Å². The van der Waals surface area contributed by atoms with E-state index < -0.39 is 0 Å². The van der Waals surface area contributed by atoms with Crippen LogP contribution in [-0.2, 0) is 0 Å². The molecule has 2 fully saturated rings. The van der Waals surface area contributed by atoms with E-state index in [0.717, 1.165) is 23.7 Å². The van der Waals surface area contributed by atoms with Crippen LogP contribution in [-0.4, -0.2) is 0 Å². The van der Waals surface area contributed by atoms with E-state index in [4.69, 9.17) is 0 Å². The minimum Gasteiger partial charge on any atom is -0.0807 e. The highest BCUT2D eigenvalue weighted by atomic mass is 14.6. The average molecular weight is 268 g/mol. The molecule has 0 heterocycles. The van der Waals surface area contributed by atoms with Crippen molar-refractivity contribution in [3.63, 3.8) is 0 Å². The third-order valence-corrected chi connectivity index (χ3v) is 7.49. The quantitative estimate of drug-likeness (QED) is 0.618. The Morgan fingerprint density at radius 2 is 1.20 bits per heavy atom. The van der Waals surface area contributed by atoms with Crippen LogP contribution in [0.5, 0.6) is 0 Å². The molecule has 0 amide bonds. The van der Waals surface area contributed by atoms with Gasteiger partial charge in [-0.2, -0.15) is 0 Å². The molecule has 6 aliphatic carbocycles. The van der Waals surface area contributed by atoms with E-state index in [-0.39, 0.29) is 0 Å². The van der Waals surface area contributed by atoms with Crippen LogP contribution in [0.25, 0.3) is 0 Å². The fraction of sp³-hybridized carbons (Fsp3) is 0.700. The number of hydrogen-bond acceptors (Lipinski definition) is 0. The van der Waals surface area contributed by atoms with Crippen LogP contribution in [0, 0.1) is 34.5 Å². The van der Waals surface area contributed by atoms with Crippen molar-refractivity contribution in [1.29, 1.82) is 0 Å². The minimum atomic E-state index is 0.552. The van der Waals surface area contributed by atoms with Gasteiger partial charge in [-0.15, -0.1) is 0 Å². The first kappa shape index (κ1) is 12.9. The van der Waals surface area contributed by atoms with E-state index in [1.807, 2.05) is 0 Å². The van der Waals surface area contributed by atoms with Gasteiger partial charge in [0.25, 0.3) is 0 Å². The first-order chi connectivity index (χ1) is 9.40. The van der Waals surface area contributed by atoms with Gasteiger partial charge in [-0.25, -0.2) is 0 Å². The summed E-state index contributed by atoms with van der Waals surface area (Å²) < 4.78 is 0. The summed E-state index contributed by atoms with van der Waals surface area (Å²) in [5, 5.41) is 0. The molecule has 4 atom stereocenters. The molecule has 0 aromatic rings. The van der Waals surface area contributed by atoms with Crippen LogP contribution >= 0.6 is 0 Å². The number of rotatable bonds is 2. The summed E-state index contributed by atoms with van der Waals surface area (Å²) in [6.45, 7) is 9.86. The summed E-state index contributed by atoms with van der Waals surface area (Å²) in [7, 11) is 0. The Bertz CT molecular complexity index is 478. The SMILES string of the molecule is CC1(C)[C@H]2CC=C(/C=C/C3=CC[C@H]4C[C@@H]3C4(C)C)[C@@H]1C2. The molecule has 0 unspecified atom stereocenters. The first-order valence-corrected chi connectivity index (χ1v) is 8.49. The second-order valence-corrected chi connectivity index (χ2v) is 8.83. The van der Waals surface area contributed by atoms with E-state index in [1.54, 1.807) is 11.1 Å². The van der Waals surface area contributed by atoms with Crippen molar-refractivity contribution in [3.05, 3.63) is 35.5 Å². The zero-order valence-corrected chi connectivity index (χ0v) is 13.4. The van der Waals surface area contributed by atoms with Crippen molar-refractivity contribution in [1.82, 2.24) is 0 Å². The molecule has 0 aliphatic heterocycles. The van der Waals surface area contributed by atoms with Crippen LogP contribution in [0.4, 0.5) is 0 Å². The molecule has 108 valence electrons. The van der Waals surface area contributed by atoms with E-state index in [9.17, 15) is 0 Å². The van der Waals surface area contributed by atoms with E-state index in [1.165, 1.54) is 25.7 Å². The Labute approximate surface area is 124 Å². The first-order valence-electron chi connectivity index (χ1n) is 8.49. The molecule has 0 aromatic carbocycles. The van der Waals surface area contributed by atoms with Gasteiger partial charge in [-0.3, -0.25) is 0 Å². The third-order valence-electron chi connectivity index (χ3n) is 7.49. The summed E-state index contributed by atoms with van der Waals surface area (Å²) in [4.78, 5) is 0. The molecule has 6 rings (SSSR count). The lowest BCUT2D eigenvalue weighted by atomic mass is 9.48. The van der Waals surface area contributed by atoms with Gasteiger partial charge in [0.2, 0.25) is 0 Å². The molecule has 0 nitrogen and oxygen atoms in total. The van der Waals surface area contributed by atoms with Crippen molar-refractivity contribution in [3.8, 4) is 0 Å². The standard InChI is InChI=1S/C20H28/c1-19(2)15-9-7-13(17(19)11-15)5-6-14-8-10-16-12-18(14)20(16,3)4/h5-8,15-18H,9-12H2,1-4H3/b6-5+/t15-,16-,17-,18-/m0/s1. The van der Waals surface area contributed by atoms with Gasteiger partial charge in [-0.05, 0) is 71.3 Å². The second kappa shape index (κ2) is 3.90. The van der Waals surface area contributed by atoms with Crippen molar-refractivity contribution in [2.24, 2.45) is 34.5 Å². The Hall–Kier alpha value is -0.780. The highest BCUT2D eigenvalue weighted by molar-refractivity contribution is 5.39. The fourth-order valence-electron chi connectivity index (χ4n) is 5.37. The Balaban J connectivity index is 1.53. The van der Waals surface area contributed by atoms with Crippen LogP contribution in [0.1, 0.15) is 53.4 Å². The molecule has 0 aromatic heterocycles. The summed E-state index contributed by atoms with van der Waals surface area (Å²) >= 11 is 0. The molecule has 0 N–H and O–H groups in total. The van der Waals surface area contributed by atoms with Gasteiger partial charge in [0.15, 0.2) is 0 Å². The normalized spacial score (nSPS) is 43.4. The average Bonchev–Trinajstić information content (AvgIpc) is 2.45. The summed E-state index contributed by atoms with van der Waals surface area (Å²) in [5.41, 5.74) is 4.35.